The van der Waals surface area contributed by atoms with Gasteiger partial charge in [0.15, 0.2) is 0 Å². The Morgan fingerprint density at radius 1 is 0.630 bits per heavy atom. The van der Waals surface area contributed by atoms with E-state index in [9.17, 15) is 0 Å². The molecule has 0 saturated carbocycles. The van der Waals surface area contributed by atoms with Crippen LogP contribution in [0.4, 0.5) is 0 Å². The lowest BCUT2D eigenvalue weighted by Crippen LogP contribution is -2.19. The fraction of sp³-hybridized carbons (Fsp3) is 0.256. The quantitative estimate of drug-likeness (QED) is 0.176. The van der Waals surface area contributed by atoms with Crippen LogP contribution >= 0.6 is 0 Å². The first-order valence-electron chi connectivity index (χ1n) is 16.5. The standard InChI is InChI=1S/C43H39N3/c1-41(2,3)24-20-21-32-30(22-24)35-26-16-12-18-28-33(26)34-27(17-13-19-29(34)39(35)46(32)25-14-10-9-11-15-25)36-37(28)43(7,8)31-23-44-40(42(4,5)6)45-38(31)36/h9-23H,1-8H3. The summed E-state index contributed by atoms with van der Waals surface area (Å²) >= 11 is 0. The Hall–Kier alpha value is -4.76. The molecular formula is C43H39N3. The summed E-state index contributed by atoms with van der Waals surface area (Å²) in [5.74, 6) is 0.890. The van der Waals surface area contributed by atoms with Gasteiger partial charge in [-0.2, -0.15) is 0 Å². The monoisotopic (exact) mass is 597 g/mol. The van der Waals surface area contributed by atoms with Gasteiger partial charge >= 0.3 is 0 Å². The van der Waals surface area contributed by atoms with Crippen molar-refractivity contribution in [2.75, 3.05) is 0 Å². The van der Waals surface area contributed by atoms with Gasteiger partial charge in [0.25, 0.3) is 0 Å². The summed E-state index contributed by atoms with van der Waals surface area (Å²) in [5, 5.41) is 10.5. The second kappa shape index (κ2) is 8.73. The fourth-order valence-corrected chi connectivity index (χ4v) is 8.29. The van der Waals surface area contributed by atoms with Crippen LogP contribution in [-0.2, 0) is 16.2 Å². The Bertz CT molecular complexity index is 2550. The van der Waals surface area contributed by atoms with Gasteiger partial charge in [0.2, 0.25) is 0 Å². The lowest BCUT2D eigenvalue weighted by Gasteiger charge is -2.25. The highest BCUT2D eigenvalue weighted by atomic mass is 15.0. The van der Waals surface area contributed by atoms with Crippen molar-refractivity contribution in [1.29, 1.82) is 0 Å². The molecule has 0 spiro atoms. The lowest BCUT2D eigenvalue weighted by molar-refractivity contribution is 0.542. The highest BCUT2D eigenvalue weighted by Crippen LogP contribution is 2.57. The summed E-state index contributed by atoms with van der Waals surface area (Å²) in [4.78, 5) is 10.3. The molecule has 8 aromatic rings. The Morgan fingerprint density at radius 2 is 1.30 bits per heavy atom. The lowest BCUT2D eigenvalue weighted by atomic mass is 9.78. The Labute approximate surface area is 270 Å². The van der Waals surface area contributed by atoms with E-state index < -0.39 is 0 Å². The molecule has 0 radical (unpaired) electrons. The largest absolute Gasteiger partial charge is 0.309 e. The molecule has 1 aliphatic rings. The molecule has 9 rings (SSSR count). The van der Waals surface area contributed by atoms with Gasteiger partial charge in [-0.05, 0) is 62.4 Å². The highest BCUT2D eigenvalue weighted by Gasteiger charge is 2.41. The molecule has 0 saturated heterocycles. The molecule has 226 valence electrons. The molecule has 3 heteroatoms. The first-order chi connectivity index (χ1) is 21.9. The van der Waals surface area contributed by atoms with Gasteiger partial charge < -0.3 is 4.57 Å². The number of benzene rings is 6. The number of hydrogen-bond acceptors (Lipinski definition) is 2. The van der Waals surface area contributed by atoms with E-state index in [2.05, 4.69) is 151 Å². The number of aromatic nitrogens is 3. The topological polar surface area (TPSA) is 30.7 Å². The zero-order valence-electron chi connectivity index (χ0n) is 28.0. The minimum atomic E-state index is -0.235. The number of nitrogens with zero attached hydrogens (tertiary/aromatic N) is 3. The van der Waals surface area contributed by atoms with Gasteiger partial charge in [0, 0.05) is 55.4 Å². The van der Waals surface area contributed by atoms with Crippen LogP contribution in [0.1, 0.15) is 77.9 Å². The summed E-state index contributed by atoms with van der Waals surface area (Å²) < 4.78 is 2.50. The predicted molar refractivity (Wildman–Crippen MR) is 195 cm³/mol. The van der Waals surface area contributed by atoms with Crippen LogP contribution in [0.5, 0.6) is 0 Å². The molecule has 0 aliphatic heterocycles. The third kappa shape index (κ3) is 3.44. The normalized spacial score (nSPS) is 14.7. The Balaban J connectivity index is 1.56. The molecular weight excluding hydrogens is 558 g/mol. The molecule has 2 heterocycles. The minimum absolute atomic E-state index is 0.0398. The average Bonchev–Trinajstić information content (AvgIpc) is 3.49. The predicted octanol–water partition coefficient (Wildman–Crippen LogP) is 11.4. The smallest absolute Gasteiger partial charge is 0.134 e. The van der Waals surface area contributed by atoms with E-state index in [4.69, 9.17) is 9.97 Å². The number of rotatable bonds is 1. The zero-order valence-corrected chi connectivity index (χ0v) is 28.0. The van der Waals surface area contributed by atoms with Crippen molar-refractivity contribution in [3.63, 3.8) is 0 Å². The van der Waals surface area contributed by atoms with Crippen molar-refractivity contribution in [2.24, 2.45) is 0 Å². The van der Waals surface area contributed by atoms with Crippen LogP contribution in [0, 0.1) is 0 Å². The van der Waals surface area contributed by atoms with Crippen LogP contribution in [0.2, 0.25) is 0 Å². The average molecular weight is 598 g/mol. The van der Waals surface area contributed by atoms with Gasteiger partial charge in [-0.15, -0.1) is 0 Å². The zero-order chi connectivity index (χ0) is 31.9. The van der Waals surface area contributed by atoms with Crippen molar-refractivity contribution < 1.29 is 0 Å². The van der Waals surface area contributed by atoms with E-state index in [0.29, 0.717) is 0 Å². The number of para-hydroxylation sites is 1. The van der Waals surface area contributed by atoms with Crippen LogP contribution in [0.3, 0.4) is 0 Å². The number of fused-ring (bicyclic) bond motifs is 10. The van der Waals surface area contributed by atoms with E-state index in [1.165, 1.54) is 82.1 Å². The molecule has 1 aliphatic carbocycles. The third-order valence-electron chi connectivity index (χ3n) is 10.5. The maximum absolute atomic E-state index is 5.35. The summed E-state index contributed by atoms with van der Waals surface area (Å²) in [6.45, 7) is 18.2. The summed E-state index contributed by atoms with van der Waals surface area (Å²) in [6.07, 6.45) is 2.10. The Kier molecular flexibility index (Phi) is 5.23. The van der Waals surface area contributed by atoms with E-state index >= 15 is 0 Å². The molecule has 6 aromatic carbocycles. The van der Waals surface area contributed by atoms with E-state index in [0.717, 1.165) is 11.5 Å². The van der Waals surface area contributed by atoms with Gasteiger partial charge in [0.05, 0.1) is 16.7 Å². The van der Waals surface area contributed by atoms with E-state index in [-0.39, 0.29) is 16.2 Å². The van der Waals surface area contributed by atoms with E-state index in [1.807, 2.05) is 0 Å². The molecule has 0 unspecified atom stereocenters. The molecule has 0 N–H and O–H groups in total. The van der Waals surface area contributed by atoms with Crippen LogP contribution in [0.25, 0.3) is 71.1 Å². The number of hydrogen-bond donors (Lipinski definition) is 0. The first-order valence-corrected chi connectivity index (χ1v) is 16.5. The third-order valence-corrected chi connectivity index (χ3v) is 10.5. The van der Waals surface area contributed by atoms with Crippen LogP contribution < -0.4 is 0 Å². The second-order valence-corrected chi connectivity index (χ2v) is 15.9. The summed E-state index contributed by atoms with van der Waals surface area (Å²) in [6, 6.07) is 31.9. The Morgan fingerprint density at radius 3 is 2.02 bits per heavy atom. The molecule has 46 heavy (non-hydrogen) atoms. The van der Waals surface area contributed by atoms with Gasteiger partial charge in [-0.1, -0.05) is 116 Å². The van der Waals surface area contributed by atoms with Crippen LogP contribution in [0.15, 0.2) is 91.1 Å². The van der Waals surface area contributed by atoms with Crippen LogP contribution in [-0.4, -0.2) is 14.5 Å². The van der Waals surface area contributed by atoms with Crippen molar-refractivity contribution in [3.8, 4) is 16.9 Å². The maximum Gasteiger partial charge on any atom is 0.134 e. The summed E-state index contributed by atoms with van der Waals surface area (Å²) in [7, 11) is 0. The van der Waals surface area contributed by atoms with Crippen molar-refractivity contribution in [3.05, 3.63) is 114 Å². The molecule has 2 aromatic heterocycles. The first kappa shape index (κ1) is 27.5. The summed E-state index contributed by atoms with van der Waals surface area (Å²) in [5.41, 5.74) is 9.66. The van der Waals surface area contributed by atoms with Gasteiger partial charge in [-0.25, -0.2) is 9.97 Å². The van der Waals surface area contributed by atoms with Gasteiger partial charge in [0.1, 0.15) is 5.82 Å². The molecule has 0 fully saturated rings. The molecule has 0 amide bonds. The van der Waals surface area contributed by atoms with Gasteiger partial charge in [-0.3, -0.25) is 0 Å². The molecule has 0 bridgehead atoms. The molecule has 0 atom stereocenters. The molecule has 3 nitrogen and oxygen atoms in total. The fourth-order valence-electron chi connectivity index (χ4n) is 8.29. The highest BCUT2D eigenvalue weighted by molar-refractivity contribution is 6.40. The maximum atomic E-state index is 5.35. The van der Waals surface area contributed by atoms with Crippen molar-refractivity contribution in [2.45, 2.75) is 71.6 Å². The van der Waals surface area contributed by atoms with Crippen molar-refractivity contribution in [1.82, 2.24) is 14.5 Å². The van der Waals surface area contributed by atoms with E-state index in [1.54, 1.807) is 0 Å². The second-order valence-electron chi connectivity index (χ2n) is 15.9. The minimum Gasteiger partial charge on any atom is -0.309 e. The van der Waals surface area contributed by atoms with Crippen molar-refractivity contribution >= 4 is 54.1 Å². The SMILES string of the molecule is CC(C)(C)c1ccc2c(c1)c1c3cccc4c5c(c6cccc(c6c43)c1n2-c1ccccc1)-c1nc(C(C)(C)C)ncc1C5(C)C.